The van der Waals surface area contributed by atoms with E-state index in [-0.39, 0.29) is 23.3 Å². The normalized spacial score (nSPS) is 18.7. The third kappa shape index (κ3) is 6.53. The number of hydrogen-bond acceptors (Lipinski definition) is 3. The van der Waals surface area contributed by atoms with E-state index in [1.165, 1.54) is 25.0 Å². The van der Waals surface area contributed by atoms with Gasteiger partial charge in [0.25, 0.3) is 5.91 Å². The van der Waals surface area contributed by atoms with Gasteiger partial charge in [-0.25, -0.2) is 4.39 Å². The van der Waals surface area contributed by atoms with Crippen LogP contribution in [0.5, 0.6) is 5.75 Å². The number of benzene rings is 1. The lowest BCUT2D eigenvalue weighted by atomic mass is 9.96. The van der Waals surface area contributed by atoms with Gasteiger partial charge in [-0.2, -0.15) is 0 Å². The lowest BCUT2D eigenvalue weighted by molar-refractivity contribution is -0.127. The van der Waals surface area contributed by atoms with Gasteiger partial charge in [-0.15, -0.1) is 12.4 Å². The van der Waals surface area contributed by atoms with Crippen LogP contribution in [0, 0.1) is 11.7 Å². The number of amides is 1. The zero-order chi connectivity index (χ0) is 15.9. The SMILES string of the molecule is CC(Oc1ccc(F)cc1Cl)C(=O)NCCC1CCCNC1.Cl. The van der Waals surface area contributed by atoms with Crippen molar-refractivity contribution in [2.75, 3.05) is 19.6 Å². The molecule has 1 saturated heterocycles. The minimum atomic E-state index is -0.674. The fourth-order valence-electron chi connectivity index (χ4n) is 2.53. The molecule has 2 N–H and O–H groups in total. The molecule has 0 aliphatic carbocycles. The summed E-state index contributed by atoms with van der Waals surface area (Å²) < 4.78 is 18.4. The maximum Gasteiger partial charge on any atom is 0.260 e. The highest BCUT2D eigenvalue weighted by Crippen LogP contribution is 2.25. The molecule has 1 aromatic rings. The summed E-state index contributed by atoms with van der Waals surface area (Å²) in [7, 11) is 0. The van der Waals surface area contributed by atoms with Crippen LogP contribution in [0.2, 0.25) is 5.02 Å². The molecule has 1 fully saturated rings. The summed E-state index contributed by atoms with van der Waals surface area (Å²) in [6, 6.07) is 3.84. The topological polar surface area (TPSA) is 50.4 Å². The predicted molar refractivity (Wildman–Crippen MR) is 92.0 cm³/mol. The Kier molecular flexibility index (Phi) is 8.66. The summed E-state index contributed by atoms with van der Waals surface area (Å²) in [5.74, 6) is 0.304. The first kappa shape index (κ1) is 20.0. The number of halogens is 3. The molecule has 7 heteroatoms. The largest absolute Gasteiger partial charge is 0.479 e. The molecule has 4 nitrogen and oxygen atoms in total. The molecule has 1 aliphatic heterocycles. The summed E-state index contributed by atoms with van der Waals surface area (Å²) in [5, 5.41) is 6.39. The molecule has 0 bridgehead atoms. The Balaban J connectivity index is 0.00000264. The first-order chi connectivity index (χ1) is 10.6. The standard InChI is InChI=1S/C16H22ClFN2O2.ClH/c1-11(22-15-5-4-13(18)9-14(15)17)16(21)20-8-6-12-3-2-7-19-10-12;/h4-5,9,11-12,19H,2-3,6-8,10H2,1H3,(H,20,21);1H. The van der Waals surface area contributed by atoms with Crippen LogP contribution in [0.15, 0.2) is 18.2 Å². The third-order valence-electron chi connectivity index (χ3n) is 3.82. The highest BCUT2D eigenvalue weighted by molar-refractivity contribution is 6.32. The molecule has 2 atom stereocenters. The number of carbonyl (C=O) groups is 1. The van der Waals surface area contributed by atoms with Gasteiger partial charge < -0.3 is 15.4 Å². The van der Waals surface area contributed by atoms with E-state index in [0.29, 0.717) is 18.2 Å². The van der Waals surface area contributed by atoms with Gasteiger partial charge in [0.05, 0.1) is 5.02 Å². The number of nitrogens with one attached hydrogen (secondary N) is 2. The molecule has 2 rings (SSSR count). The van der Waals surface area contributed by atoms with Crippen LogP contribution in [-0.2, 0) is 4.79 Å². The molecule has 0 spiro atoms. The fourth-order valence-corrected chi connectivity index (χ4v) is 2.74. The maximum absolute atomic E-state index is 13.0. The molecule has 0 aromatic heterocycles. The van der Waals surface area contributed by atoms with Crippen LogP contribution in [0.25, 0.3) is 0 Å². The summed E-state index contributed by atoms with van der Waals surface area (Å²) in [6.07, 6.45) is 2.69. The minimum Gasteiger partial charge on any atom is -0.479 e. The molecule has 23 heavy (non-hydrogen) atoms. The fraction of sp³-hybridized carbons (Fsp3) is 0.562. The molecule has 1 aromatic carbocycles. The average molecular weight is 365 g/mol. The maximum atomic E-state index is 13.0. The van der Waals surface area contributed by atoms with Gasteiger partial charge >= 0.3 is 0 Å². The Hall–Kier alpha value is -1.04. The van der Waals surface area contributed by atoms with Gasteiger partial charge in [-0.3, -0.25) is 4.79 Å². The lowest BCUT2D eigenvalue weighted by Crippen LogP contribution is -2.38. The molecule has 1 heterocycles. The first-order valence-corrected chi connectivity index (χ1v) is 8.04. The van der Waals surface area contributed by atoms with E-state index >= 15 is 0 Å². The van der Waals surface area contributed by atoms with E-state index in [1.54, 1.807) is 6.92 Å². The average Bonchev–Trinajstić information content (AvgIpc) is 2.51. The van der Waals surface area contributed by atoms with Gasteiger partial charge in [-0.05, 0) is 63.4 Å². The van der Waals surface area contributed by atoms with Crippen LogP contribution in [0.3, 0.4) is 0 Å². The Bertz CT molecular complexity index is 511. The van der Waals surface area contributed by atoms with Crippen LogP contribution in [0.1, 0.15) is 26.2 Å². The zero-order valence-corrected chi connectivity index (χ0v) is 14.7. The van der Waals surface area contributed by atoms with Crippen molar-refractivity contribution >= 4 is 29.9 Å². The number of carbonyl (C=O) groups excluding carboxylic acids is 1. The first-order valence-electron chi connectivity index (χ1n) is 7.66. The lowest BCUT2D eigenvalue weighted by Gasteiger charge is -2.23. The highest BCUT2D eigenvalue weighted by Gasteiger charge is 2.17. The molecule has 2 unspecified atom stereocenters. The van der Waals surface area contributed by atoms with E-state index in [4.69, 9.17) is 16.3 Å². The van der Waals surface area contributed by atoms with Crippen LogP contribution in [0.4, 0.5) is 4.39 Å². The summed E-state index contributed by atoms with van der Waals surface area (Å²) >= 11 is 5.88. The van der Waals surface area contributed by atoms with Crippen LogP contribution < -0.4 is 15.4 Å². The Morgan fingerprint density at radius 2 is 2.35 bits per heavy atom. The molecular formula is C16H23Cl2FN2O2. The van der Waals surface area contributed by atoms with E-state index in [2.05, 4.69) is 10.6 Å². The molecule has 0 saturated carbocycles. The predicted octanol–water partition coefficient (Wildman–Crippen LogP) is 3.17. The highest BCUT2D eigenvalue weighted by atomic mass is 35.5. The zero-order valence-electron chi connectivity index (χ0n) is 13.1. The summed E-state index contributed by atoms with van der Waals surface area (Å²) in [6.45, 7) is 4.40. The van der Waals surface area contributed by atoms with Gasteiger partial charge in [-0.1, -0.05) is 11.6 Å². The smallest absolute Gasteiger partial charge is 0.260 e. The van der Waals surface area contributed by atoms with E-state index in [0.717, 1.165) is 25.6 Å². The van der Waals surface area contributed by atoms with Crippen molar-refractivity contribution in [3.63, 3.8) is 0 Å². The molecule has 1 amide bonds. The Morgan fingerprint density at radius 3 is 3.00 bits per heavy atom. The van der Waals surface area contributed by atoms with Gasteiger partial charge in [0.15, 0.2) is 6.10 Å². The second kappa shape index (κ2) is 9.96. The van der Waals surface area contributed by atoms with Crippen molar-refractivity contribution in [1.29, 1.82) is 0 Å². The number of hydrogen-bond donors (Lipinski definition) is 2. The van der Waals surface area contributed by atoms with Gasteiger partial charge in [0.1, 0.15) is 11.6 Å². The number of ether oxygens (including phenoxy) is 1. The number of rotatable bonds is 6. The summed E-state index contributed by atoms with van der Waals surface area (Å²) in [4.78, 5) is 12.0. The van der Waals surface area contributed by atoms with Gasteiger partial charge in [0.2, 0.25) is 0 Å². The van der Waals surface area contributed by atoms with Crippen molar-refractivity contribution < 1.29 is 13.9 Å². The van der Waals surface area contributed by atoms with Gasteiger partial charge in [0, 0.05) is 6.54 Å². The molecule has 1 aliphatic rings. The Morgan fingerprint density at radius 1 is 1.57 bits per heavy atom. The van der Waals surface area contributed by atoms with Crippen LogP contribution >= 0.6 is 24.0 Å². The number of piperidine rings is 1. The third-order valence-corrected chi connectivity index (χ3v) is 4.11. The second-order valence-electron chi connectivity index (χ2n) is 5.63. The molecule has 0 radical (unpaired) electrons. The second-order valence-corrected chi connectivity index (χ2v) is 6.03. The van der Waals surface area contributed by atoms with Crippen molar-refractivity contribution in [3.05, 3.63) is 29.0 Å². The van der Waals surface area contributed by atoms with E-state index < -0.39 is 11.9 Å². The molecular weight excluding hydrogens is 342 g/mol. The van der Waals surface area contributed by atoms with Crippen molar-refractivity contribution in [2.24, 2.45) is 5.92 Å². The minimum absolute atomic E-state index is 0. The molecule has 130 valence electrons. The summed E-state index contributed by atoms with van der Waals surface area (Å²) in [5.41, 5.74) is 0. The van der Waals surface area contributed by atoms with E-state index in [9.17, 15) is 9.18 Å². The van der Waals surface area contributed by atoms with Crippen molar-refractivity contribution in [1.82, 2.24) is 10.6 Å². The van der Waals surface area contributed by atoms with Crippen LogP contribution in [-0.4, -0.2) is 31.6 Å². The monoisotopic (exact) mass is 364 g/mol. The van der Waals surface area contributed by atoms with Crippen molar-refractivity contribution in [3.8, 4) is 5.75 Å². The van der Waals surface area contributed by atoms with Crippen molar-refractivity contribution in [2.45, 2.75) is 32.3 Å². The van der Waals surface area contributed by atoms with E-state index in [1.807, 2.05) is 0 Å². The quantitative estimate of drug-likeness (QED) is 0.814. The Labute approximate surface area is 147 Å².